The number of H-pyrrole nitrogens is 1. The maximum absolute atomic E-state index is 12.3. The summed E-state index contributed by atoms with van der Waals surface area (Å²) in [6.07, 6.45) is 3.01. The second-order valence-electron chi connectivity index (χ2n) is 8.09. The molecule has 0 spiro atoms. The second kappa shape index (κ2) is 8.69. The highest BCUT2D eigenvalue weighted by atomic mass is 32.1. The van der Waals surface area contributed by atoms with Crippen LogP contribution in [0.1, 0.15) is 26.3 Å². The molecule has 0 aliphatic rings. The molecule has 0 atom stereocenters. The Balaban J connectivity index is 2.04. The number of nitro groups is 1. The number of nitro benzene ring substituents is 1. The van der Waals surface area contributed by atoms with E-state index in [2.05, 4.69) is 4.98 Å². The van der Waals surface area contributed by atoms with E-state index < -0.39 is 10.3 Å². The molecule has 0 bridgehead atoms. The molecule has 0 unspecified atom stereocenters. The molecule has 1 N–H and O–H groups in total. The van der Waals surface area contributed by atoms with E-state index in [-0.39, 0.29) is 17.0 Å². The number of hydrogen-bond donors (Lipinski definition) is 1. The number of thiazole rings is 1. The van der Waals surface area contributed by atoms with Crippen LogP contribution in [0.4, 0.5) is 17.1 Å². The number of benzene rings is 2. The van der Waals surface area contributed by atoms with Gasteiger partial charge in [-0.25, -0.2) is 0 Å². The summed E-state index contributed by atoms with van der Waals surface area (Å²) in [4.78, 5) is 40.2. The SMILES string of the molecule is CN(c1ccccc1)c1ccc(/C=c2\s/c(=C\C(=O)C(C)(C)C)[nH]c2=O)cc1[N+](=O)[O-]. The zero-order chi connectivity index (χ0) is 22.8. The fraction of sp³-hybridized carbons (Fsp3) is 0.217. The molecule has 0 saturated heterocycles. The van der Waals surface area contributed by atoms with Gasteiger partial charge in [-0.2, -0.15) is 0 Å². The lowest BCUT2D eigenvalue weighted by Gasteiger charge is -2.19. The molecule has 3 aromatic rings. The summed E-state index contributed by atoms with van der Waals surface area (Å²) in [6, 6.07) is 14.2. The van der Waals surface area contributed by atoms with Crippen molar-refractivity contribution >= 4 is 46.3 Å². The van der Waals surface area contributed by atoms with Gasteiger partial charge in [0.05, 0.1) is 14.1 Å². The summed E-state index contributed by atoms with van der Waals surface area (Å²) in [5, 5.41) is 11.7. The zero-order valence-corrected chi connectivity index (χ0v) is 18.5. The summed E-state index contributed by atoms with van der Waals surface area (Å²) >= 11 is 1.14. The van der Waals surface area contributed by atoms with Crippen LogP contribution in [0.2, 0.25) is 0 Å². The summed E-state index contributed by atoms with van der Waals surface area (Å²) in [5.41, 5.74) is 0.831. The molecular formula is C23H23N3O4S. The highest BCUT2D eigenvalue weighted by Gasteiger charge is 2.20. The minimum absolute atomic E-state index is 0.0669. The second-order valence-corrected chi connectivity index (χ2v) is 9.17. The average molecular weight is 438 g/mol. The Labute approximate surface area is 183 Å². The van der Waals surface area contributed by atoms with Gasteiger partial charge in [0.25, 0.3) is 11.2 Å². The van der Waals surface area contributed by atoms with E-state index in [9.17, 15) is 19.7 Å². The predicted octanol–water partition coefficient (Wildman–Crippen LogP) is 3.34. The largest absolute Gasteiger partial charge is 0.339 e. The summed E-state index contributed by atoms with van der Waals surface area (Å²) in [6.45, 7) is 5.41. The molecule has 1 heterocycles. The van der Waals surface area contributed by atoms with Crippen molar-refractivity contribution in [3.8, 4) is 0 Å². The van der Waals surface area contributed by atoms with Crippen molar-refractivity contribution in [2.75, 3.05) is 11.9 Å². The fourth-order valence-electron chi connectivity index (χ4n) is 2.86. The van der Waals surface area contributed by atoms with Crippen LogP contribution >= 0.6 is 11.3 Å². The molecule has 2 aromatic carbocycles. The summed E-state index contributed by atoms with van der Waals surface area (Å²) in [5.74, 6) is -0.0968. The number of rotatable bonds is 5. The van der Waals surface area contributed by atoms with Crippen molar-refractivity contribution in [1.82, 2.24) is 4.98 Å². The number of para-hydroxylation sites is 1. The van der Waals surface area contributed by atoms with Crippen LogP contribution in [0.5, 0.6) is 0 Å². The molecule has 0 aliphatic heterocycles. The normalized spacial score (nSPS) is 12.8. The highest BCUT2D eigenvalue weighted by Crippen LogP contribution is 2.33. The number of carbonyl (C=O) groups excluding carboxylic acids is 1. The smallest absolute Gasteiger partial charge is 0.293 e. The molecule has 3 rings (SSSR count). The van der Waals surface area contributed by atoms with E-state index >= 15 is 0 Å². The molecule has 7 nitrogen and oxygen atoms in total. The Kier molecular flexibility index (Phi) is 6.21. The van der Waals surface area contributed by atoms with E-state index in [1.165, 1.54) is 12.1 Å². The Morgan fingerprint density at radius 1 is 1.16 bits per heavy atom. The number of Topliss-reactive ketones (excluding diaryl/α,β-unsaturated/α-hetero) is 1. The van der Waals surface area contributed by atoms with E-state index in [0.29, 0.717) is 20.4 Å². The first kappa shape index (κ1) is 22.2. The van der Waals surface area contributed by atoms with Gasteiger partial charge in [0.1, 0.15) is 5.69 Å². The van der Waals surface area contributed by atoms with Crippen LogP contribution in [0, 0.1) is 15.5 Å². The van der Waals surface area contributed by atoms with Crippen molar-refractivity contribution in [3.63, 3.8) is 0 Å². The van der Waals surface area contributed by atoms with Gasteiger partial charge >= 0.3 is 0 Å². The first-order valence-corrected chi connectivity index (χ1v) is 10.4. The van der Waals surface area contributed by atoms with Gasteiger partial charge in [-0.1, -0.05) is 45.0 Å². The minimum atomic E-state index is -0.550. The molecule has 0 aliphatic carbocycles. The van der Waals surface area contributed by atoms with E-state index in [4.69, 9.17) is 0 Å². The molecule has 1 aromatic heterocycles. The lowest BCUT2D eigenvalue weighted by Crippen LogP contribution is -2.22. The number of aromatic nitrogens is 1. The minimum Gasteiger partial charge on any atom is -0.339 e. The van der Waals surface area contributed by atoms with Crippen LogP contribution in [0.15, 0.2) is 53.3 Å². The third-order valence-corrected chi connectivity index (χ3v) is 5.64. The molecule has 0 radical (unpaired) electrons. The van der Waals surface area contributed by atoms with Gasteiger partial charge in [-0.3, -0.25) is 19.7 Å². The summed E-state index contributed by atoms with van der Waals surface area (Å²) in [7, 11) is 1.76. The molecule has 8 heteroatoms. The van der Waals surface area contributed by atoms with Crippen molar-refractivity contribution < 1.29 is 9.72 Å². The van der Waals surface area contributed by atoms with Gasteiger partial charge in [0.2, 0.25) is 0 Å². The topological polar surface area (TPSA) is 96.3 Å². The molecule has 160 valence electrons. The molecule has 31 heavy (non-hydrogen) atoms. The summed E-state index contributed by atoms with van der Waals surface area (Å²) < 4.78 is 0.817. The number of nitrogens with zero attached hydrogens (tertiary/aromatic N) is 2. The Hall–Kier alpha value is -3.52. The van der Waals surface area contributed by atoms with E-state index in [0.717, 1.165) is 17.0 Å². The quantitative estimate of drug-likeness (QED) is 0.488. The van der Waals surface area contributed by atoms with Crippen LogP contribution in [-0.2, 0) is 4.79 Å². The van der Waals surface area contributed by atoms with Crippen molar-refractivity contribution in [2.24, 2.45) is 5.41 Å². The third-order valence-electron chi connectivity index (χ3n) is 4.68. The standard InChI is InChI=1S/C23H23N3O4S/c1-23(2,3)20(27)14-21-24-22(28)19(31-21)13-15-10-11-17(18(12-15)26(29)30)25(4)16-8-6-5-7-9-16/h5-14H,1-4H3,(H,24,28)/b19-13-,21-14-. The zero-order valence-electron chi connectivity index (χ0n) is 17.7. The molecule has 0 fully saturated rings. The first-order valence-electron chi connectivity index (χ1n) is 9.60. The fourth-order valence-corrected chi connectivity index (χ4v) is 3.75. The monoisotopic (exact) mass is 437 g/mol. The van der Waals surface area contributed by atoms with Gasteiger partial charge in [0, 0.05) is 30.3 Å². The number of anilines is 2. The van der Waals surface area contributed by atoms with Crippen LogP contribution < -0.4 is 19.7 Å². The number of nitrogens with one attached hydrogen (secondary N) is 1. The lowest BCUT2D eigenvalue weighted by molar-refractivity contribution is -0.384. The maximum Gasteiger partial charge on any atom is 0.293 e. The van der Waals surface area contributed by atoms with Gasteiger partial charge in [-0.05, 0) is 29.8 Å². The lowest BCUT2D eigenvalue weighted by atomic mass is 9.91. The van der Waals surface area contributed by atoms with Crippen molar-refractivity contribution in [1.29, 1.82) is 0 Å². The molecular weight excluding hydrogens is 414 g/mol. The van der Waals surface area contributed by atoms with Crippen LogP contribution in [0.3, 0.4) is 0 Å². The van der Waals surface area contributed by atoms with Crippen molar-refractivity contribution in [3.05, 3.63) is 83.8 Å². The van der Waals surface area contributed by atoms with Crippen molar-refractivity contribution in [2.45, 2.75) is 20.8 Å². The van der Waals surface area contributed by atoms with E-state index in [1.807, 2.05) is 30.3 Å². The van der Waals surface area contributed by atoms with Gasteiger partial charge < -0.3 is 9.88 Å². The Morgan fingerprint density at radius 3 is 2.45 bits per heavy atom. The maximum atomic E-state index is 12.3. The van der Waals surface area contributed by atoms with Crippen LogP contribution in [0.25, 0.3) is 12.2 Å². The number of ketones is 1. The highest BCUT2D eigenvalue weighted by molar-refractivity contribution is 7.07. The molecule has 0 amide bonds. The van der Waals surface area contributed by atoms with E-state index in [1.54, 1.807) is 50.9 Å². The van der Waals surface area contributed by atoms with Crippen LogP contribution in [-0.4, -0.2) is 22.7 Å². The number of hydrogen-bond acceptors (Lipinski definition) is 6. The van der Waals surface area contributed by atoms with Gasteiger partial charge in [-0.15, -0.1) is 11.3 Å². The molecule has 0 saturated carbocycles. The number of aromatic amines is 1. The van der Waals surface area contributed by atoms with Gasteiger partial charge in [0.15, 0.2) is 5.78 Å². The Bertz CT molecular complexity index is 1300. The Morgan fingerprint density at radius 2 is 1.84 bits per heavy atom. The first-order chi connectivity index (χ1) is 14.6. The number of carbonyl (C=O) groups is 1. The average Bonchev–Trinajstić information content (AvgIpc) is 3.06. The third kappa shape index (κ3) is 5.16. The predicted molar refractivity (Wildman–Crippen MR) is 124 cm³/mol.